The number of hydrogen-bond acceptors (Lipinski definition) is 4. The van der Waals surface area contributed by atoms with Crippen LogP contribution in [0.2, 0.25) is 0 Å². The zero-order chi connectivity index (χ0) is 15.1. The Bertz CT molecular complexity index is 762. The number of aryl methyl sites for hydroxylation is 3. The molecule has 0 bridgehead atoms. The molecule has 3 N–H and O–H groups in total. The lowest BCUT2D eigenvalue weighted by molar-refractivity contribution is 0.601. The van der Waals surface area contributed by atoms with Crippen LogP contribution in [0, 0.1) is 27.7 Å². The fraction of sp³-hybridized carbons (Fsp3) is 0.286. The first kappa shape index (κ1) is 14.9. The van der Waals surface area contributed by atoms with Gasteiger partial charge in [-0.1, -0.05) is 6.07 Å². The van der Waals surface area contributed by atoms with Gasteiger partial charge in [0.2, 0.25) is 0 Å². The van der Waals surface area contributed by atoms with Gasteiger partial charge in [0.15, 0.2) is 0 Å². The van der Waals surface area contributed by atoms with Gasteiger partial charge in [-0.05, 0) is 51.0 Å². The van der Waals surface area contributed by atoms with E-state index >= 15 is 0 Å². The molecular weight excluding hydrogens is 292 g/mol. The molecule has 0 atom stereocenters. The Balaban J connectivity index is 2.44. The van der Waals surface area contributed by atoms with E-state index in [1.165, 1.54) is 11.3 Å². The highest BCUT2D eigenvalue weighted by molar-refractivity contribution is 7.93. The van der Waals surface area contributed by atoms with Crippen LogP contribution in [-0.4, -0.2) is 8.42 Å². The first-order valence-corrected chi connectivity index (χ1v) is 8.48. The molecule has 6 heteroatoms. The third-order valence-corrected chi connectivity index (χ3v) is 5.85. The molecule has 1 aromatic carbocycles. The molecule has 0 fully saturated rings. The second-order valence-corrected chi connectivity index (χ2v) is 7.96. The fourth-order valence-corrected chi connectivity index (χ4v) is 4.73. The van der Waals surface area contributed by atoms with Crippen molar-refractivity contribution in [3.8, 4) is 0 Å². The lowest BCUT2D eigenvalue weighted by Gasteiger charge is -2.13. The third-order valence-electron chi connectivity index (χ3n) is 3.26. The van der Waals surface area contributed by atoms with E-state index in [9.17, 15) is 8.42 Å². The molecule has 1 heterocycles. The SMILES string of the molecule is Cc1cc(S(=O)(=O)Nc2ccc(C)c(N)c2C)c(C)s1. The highest BCUT2D eigenvalue weighted by Crippen LogP contribution is 2.30. The van der Waals surface area contributed by atoms with Crippen molar-refractivity contribution in [2.24, 2.45) is 0 Å². The minimum atomic E-state index is -3.57. The van der Waals surface area contributed by atoms with Crippen LogP contribution in [-0.2, 0) is 10.0 Å². The van der Waals surface area contributed by atoms with E-state index in [0.717, 1.165) is 20.9 Å². The Morgan fingerprint density at radius 2 is 1.80 bits per heavy atom. The number of nitrogens with two attached hydrogens (primary N) is 1. The van der Waals surface area contributed by atoms with Gasteiger partial charge in [-0.2, -0.15) is 0 Å². The van der Waals surface area contributed by atoms with Crippen molar-refractivity contribution < 1.29 is 8.42 Å². The number of nitrogen functional groups attached to an aromatic ring is 1. The normalized spacial score (nSPS) is 11.6. The average molecular weight is 310 g/mol. The van der Waals surface area contributed by atoms with Crippen LogP contribution in [0.3, 0.4) is 0 Å². The van der Waals surface area contributed by atoms with Crippen LogP contribution in [0.4, 0.5) is 11.4 Å². The molecule has 0 amide bonds. The Labute approximate surface area is 123 Å². The molecule has 0 saturated carbocycles. The summed E-state index contributed by atoms with van der Waals surface area (Å²) in [5.74, 6) is 0. The molecular formula is C14H18N2O2S2. The van der Waals surface area contributed by atoms with E-state index < -0.39 is 10.0 Å². The molecule has 0 radical (unpaired) electrons. The monoisotopic (exact) mass is 310 g/mol. The predicted molar refractivity (Wildman–Crippen MR) is 84.9 cm³/mol. The van der Waals surface area contributed by atoms with Gasteiger partial charge in [-0.15, -0.1) is 11.3 Å². The maximum atomic E-state index is 12.4. The zero-order valence-corrected chi connectivity index (χ0v) is 13.6. The number of sulfonamides is 1. The first-order valence-electron chi connectivity index (χ1n) is 6.18. The van der Waals surface area contributed by atoms with Gasteiger partial charge >= 0.3 is 0 Å². The molecule has 0 saturated heterocycles. The van der Waals surface area contributed by atoms with Crippen LogP contribution in [0.15, 0.2) is 23.1 Å². The van der Waals surface area contributed by atoms with Crippen LogP contribution >= 0.6 is 11.3 Å². The predicted octanol–water partition coefficient (Wildman–Crippen LogP) is 3.36. The lowest BCUT2D eigenvalue weighted by atomic mass is 10.1. The van der Waals surface area contributed by atoms with Crippen molar-refractivity contribution in [2.45, 2.75) is 32.6 Å². The molecule has 4 nitrogen and oxygen atoms in total. The summed E-state index contributed by atoms with van der Waals surface area (Å²) >= 11 is 1.47. The summed E-state index contributed by atoms with van der Waals surface area (Å²) in [6, 6.07) is 5.24. The third kappa shape index (κ3) is 2.66. The Morgan fingerprint density at radius 3 is 2.35 bits per heavy atom. The van der Waals surface area contributed by atoms with E-state index in [1.807, 2.05) is 33.8 Å². The van der Waals surface area contributed by atoms with Crippen molar-refractivity contribution in [2.75, 3.05) is 10.5 Å². The largest absolute Gasteiger partial charge is 0.398 e. The summed E-state index contributed by atoms with van der Waals surface area (Å²) in [5.41, 5.74) is 8.77. The molecule has 108 valence electrons. The second-order valence-electron chi connectivity index (χ2n) is 4.85. The van der Waals surface area contributed by atoms with Crippen molar-refractivity contribution >= 4 is 32.7 Å². The molecule has 2 rings (SSSR count). The van der Waals surface area contributed by atoms with Crippen LogP contribution in [0.5, 0.6) is 0 Å². The minimum Gasteiger partial charge on any atom is -0.398 e. The summed E-state index contributed by atoms with van der Waals surface area (Å²) in [5, 5.41) is 0. The summed E-state index contributed by atoms with van der Waals surface area (Å²) in [6.45, 7) is 7.41. The van der Waals surface area contributed by atoms with Gasteiger partial charge in [-0.25, -0.2) is 8.42 Å². The Kier molecular flexibility index (Phi) is 3.80. The maximum absolute atomic E-state index is 12.4. The quantitative estimate of drug-likeness (QED) is 0.854. The highest BCUT2D eigenvalue weighted by atomic mass is 32.2. The zero-order valence-electron chi connectivity index (χ0n) is 11.9. The second kappa shape index (κ2) is 5.10. The smallest absolute Gasteiger partial charge is 0.263 e. The van der Waals surface area contributed by atoms with Gasteiger partial charge in [0.1, 0.15) is 4.90 Å². The van der Waals surface area contributed by atoms with Gasteiger partial charge in [0, 0.05) is 15.4 Å². The number of anilines is 2. The lowest BCUT2D eigenvalue weighted by Crippen LogP contribution is -2.14. The molecule has 0 unspecified atom stereocenters. The van der Waals surface area contributed by atoms with E-state index in [0.29, 0.717) is 16.3 Å². The van der Waals surface area contributed by atoms with Gasteiger partial charge < -0.3 is 5.73 Å². The van der Waals surface area contributed by atoms with Crippen LogP contribution < -0.4 is 10.5 Å². The topological polar surface area (TPSA) is 72.2 Å². The molecule has 0 aliphatic heterocycles. The van der Waals surface area contributed by atoms with Gasteiger partial charge in [-0.3, -0.25) is 4.72 Å². The number of hydrogen-bond donors (Lipinski definition) is 2. The first-order chi connectivity index (χ1) is 9.22. The molecule has 20 heavy (non-hydrogen) atoms. The Morgan fingerprint density at radius 1 is 1.15 bits per heavy atom. The minimum absolute atomic E-state index is 0.332. The maximum Gasteiger partial charge on any atom is 0.263 e. The molecule has 1 aromatic heterocycles. The van der Waals surface area contributed by atoms with Crippen molar-refractivity contribution in [1.29, 1.82) is 0 Å². The summed E-state index contributed by atoms with van der Waals surface area (Å²) in [6.07, 6.45) is 0. The van der Waals surface area contributed by atoms with Crippen molar-refractivity contribution in [3.63, 3.8) is 0 Å². The molecule has 0 aliphatic rings. The number of rotatable bonds is 3. The van der Waals surface area contributed by atoms with Gasteiger partial charge in [0.25, 0.3) is 10.0 Å². The summed E-state index contributed by atoms with van der Waals surface area (Å²) in [7, 11) is -3.57. The number of nitrogens with one attached hydrogen (secondary N) is 1. The summed E-state index contributed by atoms with van der Waals surface area (Å²) < 4.78 is 27.5. The average Bonchev–Trinajstić information content (AvgIpc) is 2.70. The Hall–Kier alpha value is -1.53. The van der Waals surface area contributed by atoms with Gasteiger partial charge in [0.05, 0.1) is 5.69 Å². The van der Waals surface area contributed by atoms with Crippen LogP contribution in [0.25, 0.3) is 0 Å². The van der Waals surface area contributed by atoms with E-state index in [1.54, 1.807) is 12.1 Å². The van der Waals surface area contributed by atoms with E-state index in [4.69, 9.17) is 5.73 Å². The molecule has 2 aromatic rings. The molecule has 0 aliphatic carbocycles. The summed E-state index contributed by atoms with van der Waals surface area (Å²) in [4.78, 5) is 2.09. The number of thiophene rings is 1. The fourth-order valence-electron chi connectivity index (χ4n) is 2.05. The van der Waals surface area contributed by atoms with E-state index in [2.05, 4.69) is 4.72 Å². The van der Waals surface area contributed by atoms with Crippen LogP contribution in [0.1, 0.15) is 20.9 Å². The van der Waals surface area contributed by atoms with E-state index in [-0.39, 0.29) is 0 Å². The highest BCUT2D eigenvalue weighted by Gasteiger charge is 2.20. The molecule has 0 spiro atoms. The van der Waals surface area contributed by atoms with Crippen molar-refractivity contribution in [3.05, 3.63) is 39.1 Å². The standard InChI is InChI=1S/C14H18N2O2S2/c1-8-5-6-12(10(3)14(8)15)16-20(17,18)13-7-9(2)19-11(13)4/h5-7,16H,15H2,1-4H3. The number of benzene rings is 1. The van der Waals surface area contributed by atoms with Crippen molar-refractivity contribution in [1.82, 2.24) is 0 Å².